The normalized spacial score (nSPS) is 12.8. The first kappa shape index (κ1) is 13.5. The van der Waals surface area contributed by atoms with Crippen LogP contribution in [0.3, 0.4) is 0 Å². The van der Waals surface area contributed by atoms with Gasteiger partial charge in [0.05, 0.1) is 0 Å². The summed E-state index contributed by atoms with van der Waals surface area (Å²) in [5.41, 5.74) is 0. The van der Waals surface area contributed by atoms with Gasteiger partial charge < -0.3 is 10.2 Å². The lowest BCUT2D eigenvalue weighted by Gasteiger charge is -2.12. The van der Waals surface area contributed by atoms with Crippen LogP contribution in [0, 0.1) is 0 Å². The molecule has 0 aromatic carbocycles. The Kier molecular flexibility index (Phi) is 9.77. The van der Waals surface area contributed by atoms with Crippen molar-refractivity contribution < 1.29 is 0 Å². The Morgan fingerprint density at radius 1 is 1.36 bits per heavy atom. The number of hydrogen-bond acceptors (Lipinski definition) is 2. The second-order valence-electron chi connectivity index (χ2n) is 3.14. The van der Waals surface area contributed by atoms with Crippen molar-refractivity contribution in [1.29, 1.82) is 0 Å². The lowest BCUT2D eigenvalue weighted by Crippen LogP contribution is -2.23. The van der Waals surface area contributed by atoms with E-state index in [0.717, 1.165) is 0 Å². The van der Waals surface area contributed by atoms with Gasteiger partial charge in [-0.1, -0.05) is 0 Å². The average molecular weight is 158 g/mol. The Morgan fingerprint density at radius 3 is 2.27 bits per heavy atom. The van der Waals surface area contributed by atoms with Gasteiger partial charge in [0.2, 0.25) is 0 Å². The average Bonchev–Trinajstić information content (AvgIpc) is 1.87. The monoisotopic (exact) mass is 158 g/mol. The van der Waals surface area contributed by atoms with Gasteiger partial charge in [0.25, 0.3) is 0 Å². The molecule has 0 aromatic rings. The van der Waals surface area contributed by atoms with Crippen LogP contribution in [0.15, 0.2) is 0 Å². The van der Waals surface area contributed by atoms with E-state index < -0.39 is 0 Å². The maximum Gasteiger partial charge on any atom is 0.00362 e. The summed E-state index contributed by atoms with van der Waals surface area (Å²) >= 11 is 0. The summed E-state index contributed by atoms with van der Waals surface area (Å²) < 4.78 is 0. The Labute approximate surface area is 70.7 Å². The number of nitrogens with one attached hydrogen (secondary N) is 1. The van der Waals surface area contributed by atoms with E-state index in [1.165, 1.54) is 19.4 Å². The van der Waals surface area contributed by atoms with Crippen LogP contribution in [-0.2, 0) is 0 Å². The fraction of sp³-hybridized carbons (Fsp3) is 1.00. The lowest BCUT2D eigenvalue weighted by atomic mass is 10.2. The fourth-order valence-electron chi connectivity index (χ4n) is 0.858. The molecule has 67 valence electrons. The molecule has 3 nitrogen and oxygen atoms in total. The molecule has 11 heavy (non-hydrogen) atoms. The van der Waals surface area contributed by atoms with E-state index >= 15 is 0 Å². The predicted octanol–water partition coefficient (Wildman–Crippen LogP) is 0.456. The summed E-state index contributed by atoms with van der Waals surface area (Å²) in [5.74, 6) is 0. The second kappa shape index (κ2) is 7.98. The molecule has 3 heteroatoms. The molecule has 0 bridgehead atoms. The topological polar surface area (TPSA) is 45.8 Å². The summed E-state index contributed by atoms with van der Waals surface area (Å²) in [6.07, 6.45) is 2.56. The van der Waals surface area contributed by atoms with Crippen LogP contribution in [0.5, 0.6) is 0 Å². The molecule has 1 unspecified atom stereocenters. The summed E-state index contributed by atoms with van der Waals surface area (Å²) in [4.78, 5) is 2.22. The first-order valence-corrected chi connectivity index (χ1v) is 3.98. The molecule has 0 rings (SSSR count). The van der Waals surface area contributed by atoms with Gasteiger partial charge in [-0.05, 0) is 47.5 Å². The standard InChI is InChI=1S/C8H20N2.N/c1-8(9-2)6-5-7-10(3)4;/h8-9H,5-7H2,1-4H3;. The molecular weight excluding hydrogens is 138 g/mol. The predicted molar refractivity (Wildman–Crippen MR) is 48.4 cm³/mol. The molecule has 1 N–H and O–H groups in total. The highest BCUT2D eigenvalue weighted by atomic mass is 15.0. The molecule has 0 saturated heterocycles. The maximum absolute atomic E-state index is 3.22. The van der Waals surface area contributed by atoms with Gasteiger partial charge in [0.1, 0.15) is 0 Å². The quantitative estimate of drug-likeness (QED) is 0.631. The molecular formula is C8H20N3. The molecule has 0 fully saturated rings. The molecule has 0 aromatic heterocycles. The van der Waals surface area contributed by atoms with Crippen LogP contribution in [0.25, 0.3) is 0 Å². The van der Waals surface area contributed by atoms with Crippen LogP contribution >= 0.6 is 0 Å². The molecule has 3 radical (unpaired) electrons. The summed E-state index contributed by atoms with van der Waals surface area (Å²) in [6.45, 7) is 3.42. The third-order valence-electron chi connectivity index (χ3n) is 1.74. The Morgan fingerprint density at radius 2 is 1.91 bits per heavy atom. The van der Waals surface area contributed by atoms with Crippen molar-refractivity contribution in [2.45, 2.75) is 25.8 Å². The van der Waals surface area contributed by atoms with Crippen LogP contribution in [-0.4, -0.2) is 38.6 Å². The molecule has 0 heterocycles. The minimum absolute atomic E-state index is 0. The van der Waals surface area contributed by atoms with Gasteiger partial charge in [-0.3, -0.25) is 0 Å². The highest BCUT2D eigenvalue weighted by molar-refractivity contribution is 4.57. The van der Waals surface area contributed by atoms with Gasteiger partial charge in [0.15, 0.2) is 0 Å². The van der Waals surface area contributed by atoms with Crippen LogP contribution in [0.4, 0.5) is 0 Å². The van der Waals surface area contributed by atoms with E-state index in [1.54, 1.807) is 0 Å². The third kappa shape index (κ3) is 9.88. The molecule has 0 saturated carbocycles. The summed E-state index contributed by atoms with van der Waals surface area (Å²) in [7, 11) is 6.24. The molecule has 1 atom stereocenters. The van der Waals surface area contributed by atoms with Crippen molar-refractivity contribution in [2.75, 3.05) is 27.7 Å². The van der Waals surface area contributed by atoms with Crippen LogP contribution < -0.4 is 11.5 Å². The van der Waals surface area contributed by atoms with E-state index in [4.69, 9.17) is 0 Å². The SMILES string of the molecule is CNC(C)CCCN(C)C.[N]. The third-order valence-corrected chi connectivity index (χ3v) is 1.74. The summed E-state index contributed by atoms with van der Waals surface area (Å²) in [5, 5.41) is 3.22. The van der Waals surface area contributed by atoms with E-state index in [1.807, 2.05) is 7.05 Å². The van der Waals surface area contributed by atoms with Crippen molar-refractivity contribution in [3.63, 3.8) is 0 Å². The minimum Gasteiger partial charge on any atom is -0.317 e. The van der Waals surface area contributed by atoms with Gasteiger partial charge in [-0.2, -0.15) is 0 Å². The number of hydrogen-bond donors (Lipinski definition) is 1. The van der Waals surface area contributed by atoms with Crippen LogP contribution in [0.1, 0.15) is 19.8 Å². The Bertz CT molecular complexity index is 73.7. The highest BCUT2D eigenvalue weighted by Gasteiger charge is 1.96. The largest absolute Gasteiger partial charge is 0.317 e. The molecule has 0 aliphatic heterocycles. The summed E-state index contributed by atoms with van der Waals surface area (Å²) in [6, 6.07) is 0.667. The molecule has 0 amide bonds. The van der Waals surface area contributed by atoms with Gasteiger partial charge in [-0.15, -0.1) is 0 Å². The zero-order valence-electron chi connectivity index (χ0n) is 8.09. The van der Waals surface area contributed by atoms with E-state index in [-0.39, 0.29) is 6.15 Å². The molecule has 0 aliphatic rings. The van der Waals surface area contributed by atoms with Gasteiger partial charge >= 0.3 is 0 Å². The van der Waals surface area contributed by atoms with Crippen molar-refractivity contribution in [3.05, 3.63) is 0 Å². The van der Waals surface area contributed by atoms with E-state index in [2.05, 4.69) is 31.2 Å². The van der Waals surface area contributed by atoms with Crippen molar-refractivity contribution in [3.8, 4) is 0 Å². The zero-order chi connectivity index (χ0) is 7.98. The maximum atomic E-state index is 3.22. The van der Waals surface area contributed by atoms with Crippen LogP contribution in [0.2, 0.25) is 0 Å². The van der Waals surface area contributed by atoms with E-state index in [0.29, 0.717) is 6.04 Å². The number of rotatable bonds is 5. The minimum atomic E-state index is 0. The first-order chi connectivity index (χ1) is 4.66. The fourth-order valence-corrected chi connectivity index (χ4v) is 0.858. The number of nitrogens with zero attached hydrogens (tertiary/aromatic N) is 2. The lowest BCUT2D eigenvalue weighted by molar-refractivity contribution is 0.380. The molecule has 0 spiro atoms. The Hall–Kier alpha value is -0.120. The van der Waals surface area contributed by atoms with Gasteiger partial charge in [-0.25, -0.2) is 0 Å². The smallest absolute Gasteiger partial charge is 0.00362 e. The highest BCUT2D eigenvalue weighted by Crippen LogP contribution is 1.95. The first-order valence-electron chi connectivity index (χ1n) is 3.98. The molecule has 0 aliphatic carbocycles. The van der Waals surface area contributed by atoms with E-state index in [9.17, 15) is 0 Å². The van der Waals surface area contributed by atoms with Gasteiger partial charge in [0, 0.05) is 12.2 Å². The Balaban J connectivity index is 0. The van der Waals surface area contributed by atoms with Crippen molar-refractivity contribution >= 4 is 0 Å². The van der Waals surface area contributed by atoms with Crippen molar-refractivity contribution in [2.24, 2.45) is 0 Å². The zero-order valence-corrected chi connectivity index (χ0v) is 8.09. The van der Waals surface area contributed by atoms with Crippen molar-refractivity contribution in [1.82, 2.24) is 16.4 Å². The second-order valence-corrected chi connectivity index (χ2v) is 3.14.